The van der Waals surface area contributed by atoms with Gasteiger partial charge in [-0.05, 0) is 6.07 Å². The lowest BCUT2D eigenvalue weighted by Gasteiger charge is -2.08. The molecule has 10 nitrogen and oxygen atoms in total. The Morgan fingerprint density at radius 2 is 2.05 bits per heavy atom. The summed E-state index contributed by atoms with van der Waals surface area (Å²) in [7, 11) is -1.87. The second kappa shape index (κ2) is 5.79. The van der Waals surface area contributed by atoms with E-state index in [1.54, 1.807) is 25.5 Å². The zero-order chi connectivity index (χ0) is 14.6. The predicted octanol–water partition coefficient (Wildman–Crippen LogP) is -1.20. The van der Waals surface area contributed by atoms with Crippen LogP contribution < -0.4 is 15.8 Å². The monoisotopic (exact) mass is 298 g/mol. The number of anilines is 2. The summed E-state index contributed by atoms with van der Waals surface area (Å²) in [5, 5.41) is 14.5. The van der Waals surface area contributed by atoms with E-state index in [0.29, 0.717) is 11.9 Å². The highest BCUT2D eigenvalue weighted by Gasteiger charge is 2.08. The van der Waals surface area contributed by atoms with Crippen molar-refractivity contribution in [2.45, 2.75) is 0 Å². The summed E-state index contributed by atoms with van der Waals surface area (Å²) < 4.78 is 23.2. The summed E-state index contributed by atoms with van der Waals surface area (Å²) in [5.74, 6) is 0.666. The van der Waals surface area contributed by atoms with E-state index in [9.17, 15) is 8.42 Å². The van der Waals surface area contributed by atoms with Gasteiger partial charge in [0.25, 0.3) is 5.95 Å². The van der Waals surface area contributed by atoms with Crippen LogP contribution in [0.25, 0.3) is 5.95 Å². The summed E-state index contributed by atoms with van der Waals surface area (Å²) in [4.78, 5) is 12.3. The van der Waals surface area contributed by atoms with E-state index in [1.165, 1.54) is 4.68 Å². The van der Waals surface area contributed by atoms with E-state index >= 15 is 0 Å². The average Bonchev–Trinajstić information content (AvgIpc) is 2.90. The third-order valence-corrected chi connectivity index (χ3v) is 3.00. The number of primary sulfonamides is 1. The number of nitrogens with two attached hydrogens (primary N) is 1. The van der Waals surface area contributed by atoms with Crippen LogP contribution in [0, 0.1) is 0 Å². The highest BCUT2D eigenvalue weighted by Crippen LogP contribution is 2.07. The Bertz CT molecular complexity index is 669. The lowest BCUT2D eigenvalue weighted by Crippen LogP contribution is -2.23. The molecular weight excluding hydrogens is 284 g/mol. The fraction of sp³-hybridized carbons (Fsp3) is 0.333. The molecule has 0 spiro atoms. The Hall–Kier alpha value is -2.27. The topological polar surface area (TPSA) is 141 Å². The fourth-order valence-electron chi connectivity index (χ4n) is 1.35. The van der Waals surface area contributed by atoms with Crippen LogP contribution in [-0.2, 0) is 10.0 Å². The van der Waals surface area contributed by atoms with E-state index in [-0.39, 0.29) is 18.2 Å². The molecule has 0 radical (unpaired) electrons. The number of aromatic nitrogens is 5. The van der Waals surface area contributed by atoms with Gasteiger partial charge < -0.3 is 10.6 Å². The van der Waals surface area contributed by atoms with Gasteiger partial charge in [-0.25, -0.2) is 18.2 Å². The zero-order valence-electron chi connectivity index (χ0n) is 10.7. The number of hydrogen-bond acceptors (Lipinski definition) is 8. The van der Waals surface area contributed by atoms with E-state index < -0.39 is 10.0 Å². The van der Waals surface area contributed by atoms with Gasteiger partial charge in [0, 0.05) is 26.0 Å². The highest BCUT2D eigenvalue weighted by atomic mass is 32.2. The summed E-state index contributed by atoms with van der Waals surface area (Å²) in [6.45, 7) is 0.102. The van der Waals surface area contributed by atoms with Crippen molar-refractivity contribution in [3.05, 3.63) is 18.5 Å². The van der Waals surface area contributed by atoms with Crippen molar-refractivity contribution >= 4 is 21.9 Å². The number of nitrogens with one attached hydrogen (secondary N) is 2. The smallest absolute Gasteiger partial charge is 0.257 e. The van der Waals surface area contributed by atoms with Crippen LogP contribution in [0.15, 0.2) is 18.5 Å². The summed E-state index contributed by atoms with van der Waals surface area (Å²) in [6.07, 6.45) is 3.28. The largest absolute Gasteiger partial charge is 0.357 e. The van der Waals surface area contributed by atoms with Crippen molar-refractivity contribution < 1.29 is 8.42 Å². The van der Waals surface area contributed by atoms with Crippen molar-refractivity contribution in [2.75, 3.05) is 30.0 Å². The molecule has 2 aromatic rings. The first-order valence-corrected chi connectivity index (χ1v) is 7.37. The lowest BCUT2D eigenvalue weighted by molar-refractivity contribution is 0.598. The van der Waals surface area contributed by atoms with Crippen LogP contribution in [0.3, 0.4) is 0 Å². The Morgan fingerprint density at radius 1 is 1.30 bits per heavy atom. The van der Waals surface area contributed by atoms with Gasteiger partial charge >= 0.3 is 0 Å². The van der Waals surface area contributed by atoms with E-state index in [1.807, 2.05) is 0 Å². The van der Waals surface area contributed by atoms with E-state index in [4.69, 9.17) is 5.14 Å². The third-order valence-electron chi connectivity index (χ3n) is 2.23. The number of sulfonamides is 1. The molecule has 0 saturated heterocycles. The summed E-state index contributed by atoms with van der Waals surface area (Å²) in [5.41, 5.74) is 0. The van der Waals surface area contributed by atoms with Crippen molar-refractivity contribution in [2.24, 2.45) is 5.14 Å². The van der Waals surface area contributed by atoms with Gasteiger partial charge in [-0.3, -0.25) is 0 Å². The minimum atomic E-state index is -3.53. The van der Waals surface area contributed by atoms with Gasteiger partial charge in [0.05, 0.1) is 5.75 Å². The van der Waals surface area contributed by atoms with Crippen molar-refractivity contribution in [1.82, 2.24) is 24.7 Å². The molecule has 0 bridgehead atoms. The molecule has 0 amide bonds. The number of nitrogens with zero attached hydrogens (tertiary/aromatic N) is 5. The summed E-state index contributed by atoms with van der Waals surface area (Å²) >= 11 is 0. The molecule has 2 heterocycles. The normalized spacial score (nSPS) is 11.3. The van der Waals surface area contributed by atoms with Crippen LogP contribution >= 0.6 is 0 Å². The van der Waals surface area contributed by atoms with Crippen molar-refractivity contribution in [1.29, 1.82) is 0 Å². The first kappa shape index (κ1) is 14.1. The van der Waals surface area contributed by atoms with Crippen LogP contribution in [0.5, 0.6) is 0 Å². The Kier molecular flexibility index (Phi) is 4.10. The molecule has 0 saturated carbocycles. The number of hydrogen-bond donors (Lipinski definition) is 3. The molecule has 4 N–H and O–H groups in total. The number of rotatable bonds is 6. The van der Waals surface area contributed by atoms with Crippen LogP contribution in [0.4, 0.5) is 11.9 Å². The highest BCUT2D eigenvalue weighted by molar-refractivity contribution is 7.89. The maximum atomic E-state index is 10.9. The average molecular weight is 298 g/mol. The molecule has 0 aliphatic rings. The van der Waals surface area contributed by atoms with Crippen molar-refractivity contribution in [3.8, 4) is 5.95 Å². The molecule has 0 aromatic carbocycles. The van der Waals surface area contributed by atoms with Crippen molar-refractivity contribution in [3.63, 3.8) is 0 Å². The van der Waals surface area contributed by atoms with Gasteiger partial charge in [0.2, 0.25) is 21.9 Å². The molecule has 11 heteroatoms. The maximum absolute atomic E-state index is 10.9. The molecule has 0 fully saturated rings. The molecule has 2 rings (SSSR count). The van der Waals surface area contributed by atoms with Gasteiger partial charge in [-0.2, -0.15) is 20.1 Å². The third kappa shape index (κ3) is 3.86. The fourth-order valence-corrected chi connectivity index (χ4v) is 1.74. The lowest BCUT2D eigenvalue weighted by atomic mass is 10.7. The minimum Gasteiger partial charge on any atom is -0.357 e. The minimum absolute atomic E-state index is 0.102. The van der Waals surface area contributed by atoms with E-state index in [2.05, 4.69) is 30.7 Å². The second-order valence-electron chi connectivity index (χ2n) is 3.78. The molecular formula is C9H14N8O2S. The van der Waals surface area contributed by atoms with Crippen LogP contribution in [-0.4, -0.2) is 52.5 Å². The standard InChI is InChI=1S/C9H14N8O2S/c1-11-7-14-8(12-4-6-20(10,18)19)16-9(15-7)17-5-2-3-13-17/h2-3,5H,4,6H2,1H3,(H2,10,18,19)(H2,11,12,14,15,16). The Labute approximate surface area is 115 Å². The van der Waals surface area contributed by atoms with Crippen LogP contribution in [0.2, 0.25) is 0 Å². The van der Waals surface area contributed by atoms with Gasteiger partial charge in [0.15, 0.2) is 0 Å². The van der Waals surface area contributed by atoms with E-state index in [0.717, 1.165) is 0 Å². The molecule has 108 valence electrons. The molecule has 20 heavy (non-hydrogen) atoms. The summed E-state index contributed by atoms with van der Waals surface area (Å²) in [6, 6.07) is 1.73. The van der Waals surface area contributed by atoms with Crippen LogP contribution in [0.1, 0.15) is 0 Å². The molecule has 0 atom stereocenters. The van der Waals surface area contributed by atoms with Gasteiger partial charge in [-0.1, -0.05) is 0 Å². The molecule has 0 unspecified atom stereocenters. The predicted molar refractivity (Wildman–Crippen MR) is 73.0 cm³/mol. The molecule has 0 aliphatic heterocycles. The first-order valence-electron chi connectivity index (χ1n) is 5.66. The van der Waals surface area contributed by atoms with Gasteiger partial charge in [0.1, 0.15) is 0 Å². The zero-order valence-corrected chi connectivity index (χ0v) is 11.5. The molecule has 2 aromatic heterocycles. The van der Waals surface area contributed by atoms with Gasteiger partial charge in [-0.15, -0.1) is 0 Å². The Morgan fingerprint density at radius 3 is 2.65 bits per heavy atom. The SMILES string of the molecule is CNc1nc(NCCS(N)(=O)=O)nc(-n2cccn2)n1. The Balaban J connectivity index is 2.18. The molecule has 0 aliphatic carbocycles. The quantitative estimate of drug-likeness (QED) is 0.604. The second-order valence-corrected chi connectivity index (χ2v) is 5.51. The maximum Gasteiger partial charge on any atom is 0.257 e. The first-order chi connectivity index (χ1) is 9.48.